The van der Waals surface area contributed by atoms with Crippen LogP contribution in [-0.4, -0.2) is 21.1 Å². The molecule has 0 saturated carbocycles. The second-order valence-electron chi connectivity index (χ2n) is 7.60. The minimum Gasteiger partial charge on any atom is -0.293 e. The van der Waals surface area contributed by atoms with Crippen LogP contribution in [0.15, 0.2) is 76.7 Å². The highest BCUT2D eigenvalue weighted by Gasteiger charge is 2.16. The van der Waals surface area contributed by atoms with E-state index in [0.717, 1.165) is 23.2 Å². The number of hydrogen-bond donors (Lipinski definition) is 0. The van der Waals surface area contributed by atoms with Gasteiger partial charge in [-0.1, -0.05) is 72.8 Å². The number of para-hydroxylation sites is 1. The van der Waals surface area contributed by atoms with Crippen molar-refractivity contribution in [3.05, 3.63) is 99.3 Å². The molecule has 0 saturated heterocycles. The molecule has 5 heteroatoms. The van der Waals surface area contributed by atoms with E-state index in [1.165, 1.54) is 17.3 Å². The smallest absolute Gasteiger partial charge is 0.266 e. The molecule has 0 unspecified atom stereocenters. The van der Waals surface area contributed by atoms with Gasteiger partial charge in [-0.2, -0.15) is 0 Å². The van der Waals surface area contributed by atoms with E-state index in [1.807, 2.05) is 74.5 Å². The molecule has 0 bridgehead atoms. The van der Waals surface area contributed by atoms with Crippen molar-refractivity contribution in [3.63, 3.8) is 0 Å². The Bertz CT molecular complexity index is 1320. The largest absolute Gasteiger partial charge is 0.293 e. The number of ketones is 1. The van der Waals surface area contributed by atoms with Crippen LogP contribution in [0.3, 0.4) is 0 Å². The first-order valence-electron chi connectivity index (χ1n) is 10.3. The fraction of sp³-hybridized carbons (Fsp3) is 0.192. The molecular formula is C26H24N2O2S. The van der Waals surface area contributed by atoms with Crippen LogP contribution in [0.25, 0.3) is 16.6 Å². The van der Waals surface area contributed by atoms with Crippen LogP contribution in [0.5, 0.6) is 0 Å². The van der Waals surface area contributed by atoms with Crippen molar-refractivity contribution < 1.29 is 4.79 Å². The van der Waals surface area contributed by atoms with Gasteiger partial charge >= 0.3 is 0 Å². The molecule has 0 aliphatic heterocycles. The first kappa shape index (κ1) is 21.1. The van der Waals surface area contributed by atoms with E-state index < -0.39 is 0 Å². The summed E-state index contributed by atoms with van der Waals surface area (Å²) in [6, 6.07) is 21.0. The van der Waals surface area contributed by atoms with E-state index in [0.29, 0.717) is 21.6 Å². The van der Waals surface area contributed by atoms with Gasteiger partial charge in [-0.25, -0.2) is 4.98 Å². The standard InChI is InChI=1S/C26H24N2O2S/c1-4-19-10-12-20(13-11-19)24(29)16-31-26-27-22-8-6-5-7-21(22)25(30)28(26)23-14-9-17(2)15-18(23)3/h5-15H,4,16H2,1-3H3. The molecule has 0 N–H and O–H groups in total. The molecule has 4 rings (SSSR count). The third-order valence-corrected chi connectivity index (χ3v) is 6.29. The first-order valence-corrected chi connectivity index (χ1v) is 11.3. The van der Waals surface area contributed by atoms with Gasteiger partial charge in [0, 0.05) is 5.56 Å². The number of carbonyl (C=O) groups excluding carboxylic acids is 1. The molecule has 31 heavy (non-hydrogen) atoms. The Morgan fingerprint density at radius 2 is 1.74 bits per heavy atom. The average molecular weight is 429 g/mol. The first-order chi connectivity index (χ1) is 15.0. The Morgan fingerprint density at radius 1 is 1.00 bits per heavy atom. The van der Waals surface area contributed by atoms with Gasteiger partial charge in [0.15, 0.2) is 10.9 Å². The Balaban J connectivity index is 1.75. The molecule has 1 heterocycles. The summed E-state index contributed by atoms with van der Waals surface area (Å²) in [4.78, 5) is 30.9. The maximum atomic E-state index is 13.4. The van der Waals surface area contributed by atoms with E-state index >= 15 is 0 Å². The molecule has 0 amide bonds. The van der Waals surface area contributed by atoms with Gasteiger partial charge in [-0.3, -0.25) is 14.2 Å². The zero-order valence-electron chi connectivity index (χ0n) is 17.9. The minimum absolute atomic E-state index is 0.0160. The van der Waals surface area contributed by atoms with Crippen molar-refractivity contribution in [1.29, 1.82) is 0 Å². The van der Waals surface area contributed by atoms with Gasteiger partial charge in [0.25, 0.3) is 5.56 Å². The van der Waals surface area contributed by atoms with Gasteiger partial charge in [-0.15, -0.1) is 0 Å². The van der Waals surface area contributed by atoms with E-state index in [4.69, 9.17) is 4.98 Å². The molecule has 0 aliphatic carbocycles. The maximum absolute atomic E-state index is 13.4. The SMILES string of the molecule is CCc1ccc(C(=O)CSc2nc3ccccc3c(=O)n2-c2ccc(C)cc2C)cc1. The average Bonchev–Trinajstić information content (AvgIpc) is 2.78. The summed E-state index contributed by atoms with van der Waals surface area (Å²) in [5, 5.41) is 1.09. The zero-order chi connectivity index (χ0) is 22.0. The summed E-state index contributed by atoms with van der Waals surface area (Å²) < 4.78 is 1.63. The molecule has 0 fully saturated rings. The van der Waals surface area contributed by atoms with Gasteiger partial charge in [0.2, 0.25) is 0 Å². The lowest BCUT2D eigenvalue weighted by atomic mass is 10.1. The van der Waals surface area contributed by atoms with E-state index in [2.05, 4.69) is 6.92 Å². The summed E-state index contributed by atoms with van der Waals surface area (Å²) in [7, 11) is 0. The molecule has 4 nitrogen and oxygen atoms in total. The normalized spacial score (nSPS) is 11.1. The number of hydrogen-bond acceptors (Lipinski definition) is 4. The number of benzene rings is 3. The lowest BCUT2D eigenvalue weighted by Gasteiger charge is -2.15. The molecule has 0 aliphatic rings. The van der Waals surface area contributed by atoms with Crippen LogP contribution in [0, 0.1) is 13.8 Å². The number of rotatable bonds is 6. The molecule has 1 aromatic heterocycles. The van der Waals surface area contributed by atoms with E-state index in [9.17, 15) is 9.59 Å². The van der Waals surface area contributed by atoms with Crippen molar-refractivity contribution in [2.24, 2.45) is 0 Å². The molecule has 0 spiro atoms. The van der Waals surface area contributed by atoms with Gasteiger partial charge in [0.05, 0.1) is 22.3 Å². The highest BCUT2D eigenvalue weighted by Crippen LogP contribution is 2.24. The van der Waals surface area contributed by atoms with E-state index in [-0.39, 0.29) is 17.1 Å². The van der Waals surface area contributed by atoms with Crippen LogP contribution in [-0.2, 0) is 6.42 Å². The fourth-order valence-corrected chi connectivity index (χ4v) is 4.52. The molecular weight excluding hydrogens is 404 g/mol. The highest BCUT2D eigenvalue weighted by molar-refractivity contribution is 7.99. The number of carbonyl (C=O) groups is 1. The number of fused-ring (bicyclic) bond motifs is 1. The minimum atomic E-state index is -0.125. The summed E-state index contributed by atoms with van der Waals surface area (Å²) in [6.45, 7) is 6.10. The second-order valence-corrected chi connectivity index (χ2v) is 8.55. The van der Waals surface area contributed by atoms with Crippen LogP contribution < -0.4 is 5.56 Å². The lowest BCUT2D eigenvalue weighted by molar-refractivity contribution is 0.102. The predicted molar refractivity (Wildman–Crippen MR) is 128 cm³/mol. The Kier molecular flexibility index (Phi) is 6.05. The monoisotopic (exact) mass is 428 g/mol. The zero-order valence-corrected chi connectivity index (χ0v) is 18.7. The molecule has 0 atom stereocenters. The Labute approximate surface area is 186 Å². The maximum Gasteiger partial charge on any atom is 0.266 e. The summed E-state index contributed by atoms with van der Waals surface area (Å²) in [6.07, 6.45) is 0.937. The molecule has 3 aromatic carbocycles. The van der Waals surface area contributed by atoms with Gasteiger partial charge in [0.1, 0.15) is 0 Å². The van der Waals surface area contributed by atoms with Crippen molar-refractivity contribution in [1.82, 2.24) is 9.55 Å². The number of aryl methyl sites for hydroxylation is 3. The topological polar surface area (TPSA) is 52.0 Å². The summed E-state index contributed by atoms with van der Waals surface area (Å²) in [5.74, 6) is 0.225. The second kappa shape index (κ2) is 8.90. The van der Waals surface area contributed by atoms with Gasteiger partial charge < -0.3 is 0 Å². The van der Waals surface area contributed by atoms with Gasteiger partial charge in [-0.05, 0) is 49.6 Å². The number of nitrogens with zero attached hydrogens (tertiary/aromatic N) is 2. The Morgan fingerprint density at radius 3 is 2.45 bits per heavy atom. The summed E-state index contributed by atoms with van der Waals surface area (Å²) in [5.41, 5.74) is 5.28. The lowest BCUT2D eigenvalue weighted by Crippen LogP contribution is -2.23. The third kappa shape index (κ3) is 4.32. The van der Waals surface area contributed by atoms with Crippen LogP contribution in [0.1, 0.15) is 34.0 Å². The van der Waals surface area contributed by atoms with E-state index in [1.54, 1.807) is 10.6 Å². The highest BCUT2D eigenvalue weighted by atomic mass is 32.2. The number of thioether (sulfide) groups is 1. The number of Topliss-reactive ketones (excluding diaryl/α,β-unsaturated/α-hetero) is 1. The van der Waals surface area contributed by atoms with Crippen LogP contribution >= 0.6 is 11.8 Å². The van der Waals surface area contributed by atoms with Crippen molar-refractivity contribution in [2.75, 3.05) is 5.75 Å². The predicted octanol–water partition coefficient (Wildman–Crippen LogP) is 5.54. The third-order valence-electron chi connectivity index (χ3n) is 5.35. The van der Waals surface area contributed by atoms with Crippen LogP contribution in [0.4, 0.5) is 0 Å². The summed E-state index contributed by atoms with van der Waals surface area (Å²) >= 11 is 1.30. The van der Waals surface area contributed by atoms with Crippen LogP contribution in [0.2, 0.25) is 0 Å². The quantitative estimate of drug-likeness (QED) is 0.230. The fourth-order valence-electron chi connectivity index (χ4n) is 3.62. The Hall–Kier alpha value is -3.18. The van der Waals surface area contributed by atoms with Crippen molar-refractivity contribution in [3.8, 4) is 5.69 Å². The molecule has 156 valence electrons. The van der Waals surface area contributed by atoms with Crippen molar-refractivity contribution >= 4 is 28.4 Å². The molecule has 0 radical (unpaired) electrons. The number of aromatic nitrogens is 2. The molecule has 4 aromatic rings. The van der Waals surface area contributed by atoms with Crippen molar-refractivity contribution in [2.45, 2.75) is 32.3 Å².